The predicted molar refractivity (Wildman–Crippen MR) is 76.5 cm³/mol. The molecular weight excluding hydrogens is 264 g/mol. The monoisotopic (exact) mass is 286 g/mol. The van der Waals surface area contributed by atoms with Crippen LogP contribution < -0.4 is 5.73 Å². The lowest BCUT2D eigenvalue weighted by Crippen LogP contribution is -2.39. The Bertz CT molecular complexity index is 527. The molecular formula is C13H22N2O3S. The number of benzene rings is 1. The van der Waals surface area contributed by atoms with E-state index in [4.69, 9.17) is 10.5 Å². The minimum absolute atomic E-state index is 0.138. The molecule has 0 aliphatic rings. The molecule has 0 radical (unpaired) electrons. The number of nitrogens with zero attached hydrogens (tertiary/aromatic N) is 1. The Balaban J connectivity index is 3.23. The standard InChI is InChI=1S/C13H22N2O3S/c1-10(2)15(8-9-18-4)19(16,17)13-7-5-6-12(14)11(13)3/h5-7,10H,8-9,14H2,1-4H3. The van der Waals surface area contributed by atoms with Crippen molar-refractivity contribution < 1.29 is 13.2 Å². The number of sulfonamides is 1. The van der Waals surface area contributed by atoms with Gasteiger partial charge in [-0.15, -0.1) is 0 Å². The second kappa shape index (κ2) is 6.36. The number of methoxy groups -OCH3 is 1. The van der Waals surface area contributed by atoms with Gasteiger partial charge in [0.1, 0.15) is 0 Å². The Kier molecular flexibility index (Phi) is 5.34. The summed E-state index contributed by atoms with van der Waals surface area (Å²) in [7, 11) is -2.00. The van der Waals surface area contributed by atoms with Gasteiger partial charge in [0.2, 0.25) is 10.0 Å². The Morgan fingerprint density at radius 3 is 2.53 bits per heavy atom. The van der Waals surface area contributed by atoms with Gasteiger partial charge < -0.3 is 10.5 Å². The van der Waals surface area contributed by atoms with Crippen molar-refractivity contribution in [3.63, 3.8) is 0 Å². The normalized spacial score (nSPS) is 12.3. The highest BCUT2D eigenvalue weighted by molar-refractivity contribution is 7.89. The fraction of sp³-hybridized carbons (Fsp3) is 0.538. The zero-order valence-electron chi connectivity index (χ0n) is 11.9. The Morgan fingerprint density at radius 1 is 1.37 bits per heavy atom. The van der Waals surface area contributed by atoms with E-state index in [2.05, 4.69) is 0 Å². The fourth-order valence-corrected chi connectivity index (χ4v) is 3.75. The van der Waals surface area contributed by atoms with Crippen molar-refractivity contribution >= 4 is 15.7 Å². The highest BCUT2D eigenvalue weighted by atomic mass is 32.2. The minimum atomic E-state index is -3.55. The van der Waals surface area contributed by atoms with Gasteiger partial charge in [0.05, 0.1) is 11.5 Å². The summed E-state index contributed by atoms with van der Waals surface area (Å²) in [6.45, 7) is 6.09. The average Bonchev–Trinajstić information content (AvgIpc) is 2.32. The quantitative estimate of drug-likeness (QED) is 0.807. The average molecular weight is 286 g/mol. The molecule has 0 spiro atoms. The van der Waals surface area contributed by atoms with Crippen molar-refractivity contribution in [3.05, 3.63) is 23.8 Å². The van der Waals surface area contributed by atoms with Crippen LogP contribution in [0.25, 0.3) is 0 Å². The van der Waals surface area contributed by atoms with Crippen molar-refractivity contribution in [2.24, 2.45) is 0 Å². The van der Waals surface area contributed by atoms with Crippen LogP contribution in [0, 0.1) is 6.92 Å². The molecule has 0 amide bonds. The largest absolute Gasteiger partial charge is 0.398 e. The summed E-state index contributed by atoms with van der Waals surface area (Å²) in [6, 6.07) is 4.80. The van der Waals surface area contributed by atoms with E-state index in [0.717, 1.165) is 0 Å². The van der Waals surface area contributed by atoms with Gasteiger partial charge in [0.15, 0.2) is 0 Å². The van der Waals surface area contributed by atoms with Crippen molar-refractivity contribution in [1.29, 1.82) is 0 Å². The molecule has 1 aromatic carbocycles. The molecule has 0 saturated heterocycles. The summed E-state index contributed by atoms with van der Waals surface area (Å²) in [5.41, 5.74) is 6.86. The molecule has 0 bridgehead atoms. The smallest absolute Gasteiger partial charge is 0.243 e. The molecule has 5 nitrogen and oxygen atoms in total. The maximum atomic E-state index is 12.7. The molecule has 0 aromatic heterocycles. The maximum absolute atomic E-state index is 12.7. The van der Waals surface area contributed by atoms with Crippen LogP contribution >= 0.6 is 0 Å². The topological polar surface area (TPSA) is 72.6 Å². The van der Waals surface area contributed by atoms with Crippen LogP contribution in [0.2, 0.25) is 0 Å². The van der Waals surface area contributed by atoms with Crippen molar-refractivity contribution in [2.75, 3.05) is 26.0 Å². The van der Waals surface area contributed by atoms with Crippen LogP contribution in [0.4, 0.5) is 5.69 Å². The molecule has 2 N–H and O–H groups in total. The molecule has 0 heterocycles. The SMILES string of the molecule is COCCN(C(C)C)S(=O)(=O)c1cccc(N)c1C. The van der Waals surface area contributed by atoms with E-state index < -0.39 is 10.0 Å². The van der Waals surface area contributed by atoms with E-state index in [1.165, 1.54) is 4.31 Å². The first kappa shape index (κ1) is 15.9. The Hall–Kier alpha value is -1.11. The third kappa shape index (κ3) is 3.46. The Labute approximate surface area is 115 Å². The summed E-state index contributed by atoms with van der Waals surface area (Å²) in [4.78, 5) is 0.261. The van der Waals surface area contributed by atoms with Crippen LogP contribution in [-0.4, -0.2) is 39.0 Å². The number of rotatable bonds is 6. The van der Waals surface area contributed by atoms with E-state index >= 15 is 0 Å². The lowest BCUT2D eigenvalue weighted by molar-refractivity contribution is 0.171. The van der Waals surface area contributed by atoms with E-state index in [9.17, 15) is 8.42 Å². The van der Waals surface area contributed by atoms with Gasteiger partial charge in [-0.25, -0.2) is 8.42 Å². The first-order valence-corrected chi connectivity index (χ1v) is 7.62. The summed E-state index contributed by atoms with van der Waals surface area (Å²) in [5.74, 6) is 0. The zero-order chi connectivity index (χ0) is 14.6. The third-order valence-corrected chi connectivity index (χ3v) is 5.22. The number of nitrogens with two attached hydrogens (primary N) is 1. The molecule has 1 aromatic rings. The number of hydrogen-bond donors (Lipinski definition) is 1. The van der Waals surface area contributed by atoms with Gasteiger partial charge in [-0.3, -0.25) is 0 Å². The zero-order valence-corrected chi connectivity index (χ0v) is 12.7. The molecule has 1 rings (SSSR count). The minimum Gasteiger partial charge on any atom is -0.398 e. The first-order chi connectivity index (χ1) is 8.82. The lowest BCUT2D eigenvalue weighted by atomic mass is 10.2. The Morgan fingerprint density at radius 2 is 2.00 bits per heavy atom. The highest BCUT2D eigenvalue weighted by Gasteiger charge is 2.28. The molecule has 0 fully saturated rings. The highest BCUT2D eigenvalue weighted by Crippen LogP contribution is 2.25. The van der Waals surface area contributed by atoms with Crippen LogP contribution in [0.15, 0.2) is 23.1 Å². The number of anilines is 1. The van der Waals surface area contributed by atoms with Gasteiger partial charge in [-0.1, -0.05) is 6.07 Å². The molecule has 0 aliphatic carbocycles. The summed E-state index contributed by atoms with van der Waals surface area (Å²) in [6.07, 6.45) is 0. The van der Waals surface area contributed by atoms with Crippen molar-refractivity contribution in [2.45, 2.75) is 31.7 Å². The van der Waals surface area contributed by atoms with Gasteiger partial charge in [0.25, 0.3) is 0 Å². The molecule has 0 unspecified atom stereocenters. The summed E-state index contributed by atoms with van der Waals surface area (Å²) in [5, 5.41) is 0. The fourth-order valence-electron chi connectivity index (χ4n) is 1.87. The lowest BCUT2D eigenvalue weighted by Gasteiger charge is -2.26. The second-order valence-electron chi connectivity index (χ2n) is 4.67. The van der Waals surface area contributed by atoms with Gasteiger partial charge >= 0.3 is 0 Å². The second-order valence-corrected chi connectivity index (χ2v) is 6.53. The molecule has 19 heavy (non-hydrogen) atoms. The molecule has 108 valence electrons. The van der Waals surface area contributed by atoms with Crippen LogP contribution in [0.1, 0.15) is 19.4 Å². The van der Waals surface area contributed by atoms with E-state index in [0.29, 0.717) is 24.4 Å². The summed E-state index contributed by atoms with van der Waals surface area (Å²) < 4.78 is 31.7. The third-order valence-electron chi connectivity index (χ3n) is 3.00. The molecule has 6 heteroatoms. The predicted octanol–water partition coefficient (Wildman–Crippen LogP) is 1.62. The van der Waals surface area contributed by atoms with Crippen molar-refractivity contribution in [3.8, 4) is 0 Å². The molecule has 0 saturated carbocycles. The van der Waals surface area contributed by atoms with Gasteiger partial charge in [0, 0.05) is 25.4 Å². The van der Waals surface area contributed by atoms with Crippen LogP contribution in [0.3, 0.4) is 0 Å². The first-order valence-electron chi connectivity index (χ1n) is 6.18. The van der Waals surface area contributed by atoms with Crippen molar-refractivity contribution in [1.82, 2.24) is 4.31 Å². The number of nitrogen functional groups attached to an aromatic ring is 1. The van der Waals surface area contributed by atoms with E-state index in [1.807, 2.05) is 13.8 Å². The van der Waals surface area contributed by atoms with Gasteiger partial charge in [-0.2, -0.15) is 4.31 Å². The van der Waals surface area contributed by atoms with E-state index in [-0.39, 0.29) is 10.9 Å². The number of hydrogen-bond acceptors (Lipinski definition) is 4. The maximum Gasteiger partial charge on any atom is 0.243 e. The van der Waals surface area contributed by atoms with Gasteiger partial charge in [-0.05, 0) is 38.5 Å². The molecule has 0 aliphatic heterocycles. The molecule has 0 atom stereocenters. The van der Waals surface area contributed by atoms with Crippen LogP contribution in [0.5, 0.6) is 0 Å². The van der Waals surface area contributed by atoms with Crippen LogP contribution in [-0.2, 0) is 14.8 Å². The van der Waals surface area contributed by atoms with E-state index in [1.54, 1.807) is 32.2 Å². The summed E-state index contributed by atoms with van der Waals surface area (Å²) >= 11 is 0. The number of ether oxygens (including phenoxy) is 1.